The van der Waals surface area contributed by atoms with Crippen molar-refractivity contribution in [2.24, 2.45) is 0 Å². The number of nitrogens with one attached hydrogen (secondary N) is 1. The van der Waals surface area contributed by atoms with Crippen LogP contribution in [-0.4, -0.2) is 20.1 Å². The van der Waals surface area contributed by atoms with Crippen molar-refractivity contribution in [3.63, 3.8) is 0 Å². The Morgan fingerprint density at radius 1 is 1.29 bits per heavy atom. The zero-order valence-corrected chi connectivity index (χ0v) is 10.2. The van der Waals surface area contributed by atoms with Crippen molar-refractivity contribution in [3.05, 3.63) is 35.4 Å². The van der Waals surface area contributed by atoms with E-state index in [1.54, 1.807) is 19.2 Å². The van der Waals surface area contributed by atoms with Gasteiger partial charge in [-0.3, -0.25) is 0 Å². The van der Waals surface area contributed by atoms with Crippen LogP contribution >= 0.6 is 0 Å². The summed E-state index contributed by atoms with van der Waals surface area (Å²) in [6.45, 7) is 2.89. The molecule has 0 aliphatic carbocycles. The summed E-state index contributed by atoms with van der Waals surface area (Å²) in [7, 11) is 1.56. The molecule has 1 unspecified atom stereocenters. The monoisotopic (exact) mass is 243 g/mol. The number of hydrogen-bond donors (Lipinski definition) is 1. The van der Waals surface area contributed by atoms with Crippen LogP contribution in [0.1, 0.15) is 30.5 Å². The van der Waals surface area contributed by atoms with Gasteiger partial charge < -0.3 is 10.1 Å². The first kappa shape index (κ1) is 14.1. The minimum Gasteiger partial charge on any atom is -0.380 e. The van der Waals surface area contributed by atoms with Crippen LogP contribution in [0.2, 0.25) is 0 Å². The highest BCUT2D eigenvalue weighted by molar-refractivity contribution is 5.30. The second-order valence-electron chi connectivity index (χ2n) is 3.90. The number of benzene rings is 1. The van der Waals surface area contributed by atoms with Gasteiger partial charge in [-0.15, -0.1) is 0 Å². The lowest BCUT2D eigenvalue weighted by Gasteiger charge is -2.20. The fraction of sp³-hybridized carbons (Fsp3) is 0.538. The lowest BCUT2D eigenvalue weighted by atomic mass is 10.0. The molecule has 0 heterocycles. The highest BCUT2D eigenvalue weighted by Crippen LogP contribution is 2.24. The molecule has 1 atom stereocenters. The van der Waals surface area contributed by atoms with E-state index in [4.69, 9.17) is 4.74 Å². The molecule has 0 amide bonds. The third kappa shape index (κ3) is 4.06. The molecule has 0 aliphatic rings. The van der Waals surface area contributed by atoms with E-state index in [0.29, 0.717) is 18.7 Å². The maximum absolute atomic E-state index is 13.0. The van der Waals surface area contributed by atoms with Crippen LogP contribution in [0.15, 0.2) is 24.3 Å². The molecule has 4 heteroatoms. The van der Waals surface area contributed by atoms with E-state index in [1.165, 1.54) is 0 Å². The lowest BCUT2D eigenvalue weighted by molar-refractivity contribution is 0.0966. The van der Waals surface area contributed by atoms with Crippen LogP contribution < -0.4 is 5.32 Å². The summed E-state index contributed by atoms with van der Waals surface area (Å²) in [4.78, 5) is 0. The standard InChI is InChI=1S/C13H19F2NO/c1-3-8-16-12(13(14)15)11-7-5-4-6-10(11)9-17-2/h4-7,12-13,16H,3,8-9H2,1-2H3. The zero-order valence-electron chi connectivity index (χ0n) is 10.2. The van der Waals surface area contributed by atoms with Gasteiger partial charge in [0.1, 0.15) is 0 Å². The van der Waals surface area contributed by atoms with Crippen molar-refractivity contribution in [2.45, 2.75) is 32.4 Å². The minimum atomic E-state index is -2.42. The van der Waals surface area contributed by atoms with Crippen LogP contribution in [-0.2, 0) is 11.3 Å². The van der Waals surface area contributed by atoms with Crippen LogP contribution in [0.3, 0.4) is 0 Å². The largest absolute Gasteiger partial charge is 0.380 e. The van der Waals surface area contributed by atoms with Crippen LogP contribution in [0.4, 0.5) is 8.78 Å². The second kappa shape index (κ2) is 7.35. The molecule has 2 nitrogen and oxygen atoms in total. The predicted octanol–water partition coefficient (Wildman–Crippen LogP) is 3.14. The van der Waals surface area contributed by atoms with Crippen molar-refractivity contribution in [1.82, 2.24) is 5.32 Å². The second-order valence-corrected chi connectivity index (χ2v) is 3.90. The molecule has 1 aromatic rings. The Morgan fingerprint density at radius 2 is 2.00 bits per heavy atom. The fourth-order valence-corrected chi connectivity index (χ4v) is 1.76. The van der Waals surface area contributed by atoms with E-state index in [9.17, 15) is 8.78 Å². The van der Waals surface area contributed by atoms with Gasteiger partial charge in [-0.2, -0.15) is 0 Å². The summed E-state index contributed by atoms with van der Waals surface area (Å²) in [5, 5.41) is 2.88. The Morgan fingerprint density at radius 3 is 2.59 bits per heavy atom. The van der Waals surface area contributed by atoms with E-state index in [-0.39, 0.29) is 0 Å². The predicted molar refractivity (Wildman–Crippen MR) is 64.2 cm³/mol. The summed E-state index contributed by atoms with van der Waals surface area (Å²) in [6.07, 6.45) is -1.59. The summed E-state index contributed by atoms with van der Waals surface area (Å²) in [5.41, 5.74) is 1.43. The van der Waals surface area contributed by atoms with Crippen LogP contribution in [0, 0.1) is 0 Å². The van der Waals surface area contributed by atoms with Crippen molar-refractivity contribution < 1.29 is 13.5 Å². The average Bonchev–Trinajstić information content (AvgIpc) is 2.31. The summed E-state index contributed by atoms with van der Waals surface area (Å²) in [6, 6.07) is 6.24. The highest BCUT2D eigenvalue weighted by Gasteiger charge is 2.23. The van der Waals surface area contributed by atoms with Gasteiger partial charge in [-0.1, -0.05) is 31.2 Å². The molecule has 1 N–H and O–H groups in total. The van der Waals surface area contributed by atoms with Gasteiger partial charge in [0.05, 0.1) is 12.6 Å². The topological polar surface area (TPSA) is 21.3 Å². The minimum absolute atomic E-state index is 0.354. The number of alkyl halides is 2. The maximum atomic E-state index is 13.0. The van der Waals surface area contributed by atoms with Gasteiger partial charge in [-0.25, -0.2) is 8.78 Å². The van der Waals surface area contributed by atoms with E-state index < -0.39 is 12.5 Å². The number of hydrogen-bond acceptors (Lipinski definition) is 2. The van der Waals surface area contributed by atoms with Gasteiger partial charge in [0.25, 0.3) is 6.43 Å². The average molecular weight is 243 g/mol. The van der Waals surface area contributed by atoms with E-state index >= 15 is 0 Å². The van der Waals surface area contributed by atoms with E-state index in [0.717, 1.165) is 12.0 Å². The van der Waals surface area contributed by atoms with Gasteiger partial charge in [0.2, 0.25) is 0 Å². The lowest BCUT2D eigenvalue weighted by Crippen LogP contribution is -2.29. The van der Waals surface area contributed by atoms with Gasteiger partial charge in [0.15, 0.2) is 0 Å². The molecular formula is C13H19F2NO. The maximum Gasteiger partial charge on any atom is 0.257 e. The quantitative estimate of drug-likeness (QED) is 0.794. The van der Waals surface area contributed by atoms with Crippen molar-refractivity contribution in [1.29, 1.82) is 0 Å². The smallest absolute Gasteiger partial charge is 0.257 e. The molecule has 0 spiro atoms. The van der Waals surface area contributed by atoms with E-state index in [2.05, 4.69) is 5.32 Å². The Balaban J connectivity index is 2.91. The van der Waals surface area contributed by atoms with Crippen molar-refractivity contribution in [3.8, 4) is 0 Å². The molecule has 1 rings (SSSR count). The first-order valence-electron chi connectivity index (χ1n) is 5.79. The summed E-state index contributed by atoms with van der Waals surface area (Å²) in [5.74, 6) is 0. The SMILES string of the molecule is CCCNC(c1ccccc1COC)C(F)F. The Labute approximate surface area is 101 Å². The summed E-state index contributed by atoms with van der Waals surface area (Å²) >= 11 is 0. The number of halogens is 2. The Hall–Kier alpha value is -1.00. The Kier molecular flexibility index (Phi) is 6.08. The zero-order chi connectivity index (χ0) is 12.7. The number of rotatable bonds is 7. The Bertz CT molecular complexity index is 331. The first-order chi connectivity index (χ1) is 8.20. The molecule has 0 bridgehead atoms. The third-order valence-electron chi connectivity index (χ3n) is 2.56. The van der Waals surface area contributed by atoms with Crippen molar-refractivity contribution in [2.75, 3.05) is 13.7 Å². The number of ether oxygens (including phenoxy) is 1. The molecule has 0 fully saturated rings. The molecule has 1 aromatic carbocycles. The molecular weight excluding hydrogens is 224 g/mol. The molecule has 0 saturated heterocycles. The van der Waals surface area contributed by atoms with Crippen molar-refractivity contribution >= 4 is 0 Å². The van der Waals surface area contributed by atoms with Gasteiger partial charge in [-0.05, 0) is 24.1 Å². The fourth-order valence-electron chi connectivity index (χ4n) is 1.76. The molecule has 96 valence electrons. The molecule has 0 saturated carbocycles. The molecule has 0 aromatic heterocycles. The molecule has 0 radical (unpaired) electrons. The van der Waals surface area contributed by atoms with Gasteiger partial charge in [0, 0.05) is 7.11 Å². The normalized spacial score (nSPS) is 13.0. The van der Waals surface area contributed by atoms with Gasteiger partial charge >= 0.3 is 0 Å². The molecule has 0 aliphatic heterocycles. The molecule has 17 heavy (non-hydrogen) atoms. The van der Waals surface area contributed by atoms with E-state index in [1.807, 2.05) is 19.1 Å². The first-order valence-corrected chi connectivity index (χ1v) is 5.79. The number of methoxy groups -OCH3 is 1. The summed E-state index contributed by atoms with van der Waals surface area (Å²) < 4.78 is 31.1. The van der Waals surface area contributed by atoms with Crippen LogP contribution in [0.25, 0.3) is 0 Å². The third-order valence-corrected chi connectivity index (χ3v) is 2.56. The van der Waals surface area contributed by atoms with Crippen LogP contribution in [0.5, 0.6) is 0 Å². The highest BCUT2D eigenvalue weighted by atomic mass is 19.3.